The van der Waals surface area contributed by atoms with Crippen LogP contribution in [-0.4, -0.2) is 30.2 Å². The van der Waals surface area contributed by atoms with E-state index < -0.39 is 0 Å². The molecule has 11 heavy (non-hydrogen) atoms. The number of rotatable bonds is 3. The summed E-state index contributed by atoms with van der Waals surface area (Å²) in [6, 6.07) is 0. The number of nitrogens with zero attached hydrogens (tertiary/aromatic N) is 3. The average Bonchev–Trinajstić information content (AvgIpc) is 2.07. The van der Waals surface area contributed by atoms with Gasteiger partial charge in [0, 0.05) is 26.0 Å². The molecule has 0 bridgehead atoms. The summed E-state index contributed by atoms with van der Waals surface area (Å²) in [5.74, 6) is 0.739. The van der Waals surface area contributed by atoms with Crippen LogP contribution < -0.4 is 4.90 Å². The second kappa shape index (κ2) is 3.88. The summed E-state index contributed by atoms with van der Waals surface area (Å²) in [6.07, 6.45) is 4.85. The summed E-state index contributed by atoms with van der Waals surface area (Å²) in [4.78, 5) is 9.68. The standard InChI is InChI=1S/C7H10N3O/c1-10(4-5-11)7-6-8-2-3-9-7/h2-3,6H,4-5H2,1H3. The van der Waals surface area contributed by atoms with Gasteiger partial charge in [0.1, 0.15) is 5.82 Å². The highest BCUT2D eigenvalue weighted by molar-refractivity contribution is 5.33. The van der Waals surface area contributed by atoms with Crippen LogP contribution in [0.15, 0.2) is 18.6 Å². The van der Waals surface area contributed by atoms with Crippen LogP contribution in [0.2, 0.25) is 0 Å². The summed E-state index contributed by atoms with van der Waals surface area (Å²) in [6.45, 7) is 0.353. The molecule has 0 amide bonds. The lowest BCUT2D eigenvalue weighted by Gasteiger charge is -2.14. The second-order valence-electron chi connectivity index (χ2n) is 2.19. The van der Waals surface area contributed by atoms with Crippen LogP contribution in [0, 0.1) is 0 Å². The summed E-state index contributed by atoms with van der Waals surface area (Å²) < 4.78 is 0. The maximum atomic E-state index is 10.2. The van der Waals surface area contributed by atoms with Gasteiger partial charge in [0.25, 0.3) is 0 Å². The molecule has 4 heteroatoms. The molecule has 1 heterocycles. The van der Waals surface area contributed by atoms with Gasteiger partial charge in [-0.3, -0.25) is 4.98 Å². The Morgan fingerprint density at radius 3 is 2.91 bits per heavy atom. The van der Waals surface area contributed by atoms with Crippen molar-refractivity contribution in [3.05, 3.63) is 18.6 Å². The fourth-order valence-electron chi connectivity index (χ4n) is 0.740. The van der Waals surface area contributed by atoms with Crippen molar-refractivity contribution in [2.45, 2.75) is 0 Å². The van der Waals surface area contributed by atoms with E-state index in [9.17, 15) is 5.11 Å². The summed E-state index contributed by atoms with van der Waals surface area (Å²) in [7, 11) is 1.82. The van der Waals surface area contributed by atoms with Crippen LogP contribution in [0.1, 0.15) is 0 Å². The first kappa shape index (κ1) is 7.94. The maximum absolute atomic E-state index is 10.2. The molecule has 59 valence electrons. The number of likely N-dealkylation sites (N-methyl/N-ethyl adjacent to an activating group) is 1. The molecule has 1 radical (unpaired) electrons. The molecule has 1 aromatic heterocycles. The van der Waals surface area contributed by atoms with Gasteiger partial charge in [-0.15, -0.1) is 0 Å². The van der Waals surface area contributed by atoms with Crippen molar-refractivity contribution in [3.63, 3.8) is 0 Å². The highest BCUT2D eigenvalue weighted by atomic mass is 16.3. The molecular formula is C7H10N3O. The average molecular weight is 152 g/mol. The van der Waals surface area contributed by atoms with Crippen molar-refractivity contribution in [2.24, 2.45) is 0 Å². The van der Waals surface area contributed by atoms with E-state index in [1.54, 1.807) is 23.5 Å². The number of aromatic nitrogens is 2. The minimum absolute atomic E-state index is 0.118. The Bertz CT molecular complexity index is 202. The lowest BCUT2D eigenvalue weighted by Crippen LogP contribution is -2.21. The van der Waals surface area contributed by atoms with Gasteiger partial charge in [-0.05, 0) is 0 Å². The summed E-state index contributed by atoms with van der Waals surface area (Å²) in [5.41, 5.74) is 0. The van der Waals surface area contributed by atoms with Crippen molar-refractivity contribution < 1.29 is 5.11 Å². The van der Waals surface area contributed by atoms with E-state index in [0.29, 0.717) is 6.54 Å². The Kier molecular flexibility index (Phi) is 2.80. The molecule has 0 aliphatic rings. The van der Waals surface area contributed by atoms with Gasteiger partial charge in [-0.25, -0.2) is 10.1 Å². The van der Waals surface area contributed by atoms with Crippen molar-refractivity contribution in [1.29, 1.82) is 0 Å². The SMILES string of the molecule is CN(CC[O])c1cnccn1. The Balaban J connectivity index is 2.61. The van der Waals surface area contributed by atoms with Gasteiger partial charge < -0.3 is 4.90 Å². The molecule has 0 fully saturated rings. The number of anilines is 1. The van der Waals surface area contributed by atoms with Crippen molar-refractivity contribution in [2.75, 3.05) is 25.1 Å². The zero-order chi connectivity index (χ0) is 8.10. The van der Waals surface area contributed by atoms with Gasteiger partial charge in [0.2, 0.25) is 0 Å². The Labute approximate surface area is 65.5 Å². The summed E-state index contributed by atoms with van der Waals surface area (Å²) in [5, 5.41) is 10.2. The lowest BCUT2D eigenvalue weighted by atomic mass is 10.5. The zero-order valence-corrected chi connectivity index (χ0v) is 6.40. The number of hydrogen-bond donors (Lipinski definition) is 0. The Morgan fingerprint density at radius 1 is 1.55 bits per heavy atom. The van der Waals surface area contributed by atoms with Crippen LogP contribution in [0.25, 0.3) is 0 Å². The smallest absolute Gasteiger partial charge is 0.146 e. The van der Waals surface area contributed by atoms with E-state index >= 15 is 0 Å². The lowest BCUT2D eigenvalue weighted by molar-refractivity contribution is 0.201. The second-order valence-corrected chi connectivity index (χ2v) is 2.19. The van der Waals surface area contributed by atoms with Crippen molar-refractivity contribution in [1.82, 2.24) is 9.97 Å². The van der Waals surface area contributed by atoms with Gasteiger partial charge in [0.15, 0.2) is 0 Å². The predicted octanol–water partition coefficient (Wildman–Crippen LogP) is 0.343. The number of hydrogen-bond acceptors (Lipinski definition) is 3. The highest BCUT2D eigenvalue weighted by Gasteiger charge is 1.98. The monoisotopic (exact) mass is 152 g/mol. The molecule has 0 N–H and O–H groups in total. The maximum Gasteiger partial charge on any atom is 0.146 e. The van der Waals surface area contributed by atoms with Gasteiger partial charge in [-0.2, -0.15) is 0 Å². The van der Waals surface area contributed by atoms with E-state index in [4.69, 9.17) is 0 Å². The molecule has 0 saturated carbocycles. The molecule has 0 aliphatic carbocycles. The first-order valence-corrected chi connectivity index (χ1v) is 3.40. The molecule has 1 aromatic rings. The van der Waals surface area contributed by atoms with Gasteiger partial charge in [-0.1, -0.05) is 0 Å². The van der Waals surface area contributed by atoms with Crippen molar-refractivity contribution >= 4 is 5.82 Å². The third-order valence-electron chi connectivity index (χ3n) is 1.37. The largest absolute Gasteiger partial charge is 0.356 e. The Morgan fingerprint density at radius 2 is 2.36 bits per heavy atom. The van der Waals surface area contributed by atoms with Crippen LogP contribution in [0.5, 0.6) is 0 Å². The molecule has 0 atom stereocenters. The molecular weight excluding hydrogens is 142 g/mol. The van der Waals surface area contributed by atoms with Crippen LogP contribution >= 0.6 is 0 Å². The topological polar surface area (TPSA) is 48.9 Å². The van der Waals surface area contributed by atoms with E-state index in [2.05, 4.69) is 9.97 Å². The van der Waals surface area contributed by atoms with E-state index in [-0.39, 0.29) is 6.61 Å². The Hall–Kier alpha value is -1.16. The molecule has 0 spiro atoms. The molecule has 1 rings (SSSR count). The first-order valence-electron chi connectivity index (χ1n) is 3.40. The fraction of sp³-hybridized carbons (Fsp3) is 0.429. The highest BCUT2D eigenvalue weighted by Crippen LogP contribution is 2.02. The fourth-order valence-corrected chi connectivity index (χ4v) is 0.740. The first-order chi connectivity index (χ1) is 5.34. The normalized spacial score (nSPS) is 9.64. The molecule has 0 saturated heterocycles. The molecule has 4 nitrogen and oxygen atoms in total. The van der Waals surface area contributed by atoms with Crippen LogP contribution in [-0.2, 0) is 5.11 Å². The van der Waals surface area contributed by atoms with Gasteiger partial charge >= 0.3 is 0 Å². The van der Waals surface area contributed by atoms with E-state index in [0.717, 1.165) is 5.82 Å². The molecule has 0 aliphatic heterocycles. The van der Waals surface area contributed by atoms with E-state index in [1.165, 1.54) is 0 Å². The molecule has 0 aromatic carbocycles. The third kappa shape index (κ3) is 2.16. The minimum atomic E-state index is -0.118. The van der Waals surface area contributed by atoms with Crippen LogP contribution in [0.3, 0.4) is 0 Å². The quantitative estimate of drug-likeness (QED) is 0.627. The summed E-state index contributed by atoms with van der Waals surface area (Å²) >= 11 is 0. The van der Waals surface area contributed by atoms with Gasteiger partial charge in [0.05, 0.1) is 12.8 Å². The third-order valence-corrected chi connectivity index (χ3v) is 1.37. The van der Waals surface area contributed by atoms with Crippen molar-refractivity contribution in [3.8, 4) is 0 Å². The molecule has 0 unspecified atom stereocenters. The van der Waals surface area contributed by atoms with Crippen LogP contribution in [0.4, 0.5) is 5.82 Å². The van der Waals surface area contributed by atoms with E-state index in [1.807, 2.05) is 7.05 Å². The minimum Gasteiger partial charge on any atom is -0.356 e. The zero-order valence-electron chi connectivity index (χ0n) is 6.40. The predicted molar refractivity (Wildman–Crippen MR) is 40.9 cm³/mol.